The summed E-state index contributed by atoms with van der Waals surface area (Å²) in [7, 11) is 0. The number of hydrogen-bond acceptors (Lipinski definition) is 5. The number of hydrogen-bond donors (Lipinski definition) is 0. The highest BCUT2D eigenvalue weighted by atomic mass is 16.2. The van der Waals surface area contributed by atoms with Crippen LogP contribution in [0.3, 0.4) is 0 Å². The van der Waals surface area contributed by atoms with Gasteiger partial charge in [0.05, 0.1) is 6.04 Å². The number of aryl methyl sites for hydroxylation is 1. The molecule has 2 aliphatic heterocycles. The molecule has 1 aromatic carbocycles. The van der Waals surface area contributed by atoms with E-state index in [1.165, 1.54) is 0 Å². The summed E-state index contributed by atoms with van der Waals surface area (Å²) in [5.41, 5.74) is 2.41. The molecule has 1 unspecified atom stereocenters. The molecule has 2 aromatic heterocycles. The number of anilines is 1. The van der Waals surface area contributed by atoms with Crippen molar-refractivity contribution in [1.29, 1.82) is 0 Å². The van der Waals surface area contributed by atoms with Crippen molar-refractivity contribution in [1.82, 2.24) is 19.9 Å². The first kappa shape index (κ1) is 21.5. The Bertz CT molecular complexity index is 1230. The van der Waals surface area contributed by atoms with E-state index in [0.717, 1.165) is 40.7 Å². The minimum Gasteiger partial charge on any atom is -0.327 e. The molecule has 4 heterocycles. The van der Waals surface area contributed by atoms with Gasteiger partial charge in [0.25, 0.3) is 5.91 Å². The van der Waals surface area contributed by atoms with Crippen LogP contribution in [-0.4, -0.2) is 44.8 Å². The normalized spacial score (nSPS) is 18.3. The maximum atomic E-state index is 13.6. The Balaban J connectivity index is 1.53. The number of amides is 2. The van der Waals surface area contributed by atoms with Crippen LogP contribution in [0.2, 0.25) is 0 Å². The smallest absolute Gasteiger partial charge is 0.273 e. The Kier molecular flexibility index (Phi) is 5.56. The lowest BCUT2D eigenvalue weighted by Crippen LogP contribution is -2.40. The second kappa shape index (κ2) is 8.54. The van der Waals surface area contributed by atoms with Crippen molar-refractivity contribution in [3.63, 3.8) is 0 Å². The Morgan fingerprint density at radius 3 is 2.79 bits per heavy atom. The quantitative estimate of drug-likeness (QED) is 0.602. The fraction of sp³-hybridized carbons (Fsp3) is 0.423. The van der Waals surface area contributed by atoms with E-state index in [0.29, 0.717) is 43.4 Å². The number of fused-ring (bicyclic) bond motifs is 2. The summed E-state index contributed by atoms with van der Waals surface area (Å²) in [6.45, 7) is 7.47. The zero-order chi connectivity index (χ0) is 23.1. The second-order valence-corrected chi connectivity index (χ2v) is 9.40. The number of aromatic nitrogens is 3. The van der Waals surface area contributed by atoms with Crippen molar-refractivity contribution in [3.05, 3.63) is 59.3 Å². The first-order valence-corrected chi connectivity index (χ1v) is 11.8. The Morgan fingerprint density at radius 2 is 1.97 bits per heavy atom. The molecule has 5 rings (SSSR count). The lowest BCUT2D eigenvalue weighted by atomic mass is 10.0. The summed E-state index contributed by atoms with van der Waals surface area (Å²) >= 11 is 0. The molecule has 7 nitrogen and oxygen atoms in total. The van der Waals surface area contributed by atoms with Gasteiger partial charge in [-0.2, -0.15) is 0 Å². The molecule has 0 bridgehead atoms. The van der Waals surface area contributed by atoms with Crippen LogP contribution in [0.1, 0.15) is 66.7 Å². The van der Waals surface area contributed by atoms with Crippen LogP contribution in [0.4, 0.5) is 5.82 Å². The minimum atomic E-state index is -0.222. The largest absolute Gasteiger partial charge is 0.327 e. The molecule has 170 valence electrons. The predicted octanol–water partition coefficient (Wildman–Crippen LogP) is 4.25. The average molecular weight is 444 g/mol. The monoisotopic (exact) mass is 443 g/mol. The van der Waals surface area contributed by atoms with Crippen LogP contribution in [0.25, 0.3) is 10.8 Å². The van der Waals surface area contributed by atoms with Crippen LogP contribution in [0.5, 0.6) is 0 Å². The van der Waals surface area contributed by atoms with Crippen molar-refractivity contribution >= 4 is 28.4 Å². The third kappa shape index (κ3) is 3.86. The fourth-order valence-electron chi connectivity index (χ4n) is 5.01. The number of carbonyl (C=O) groups excluding carboxylic acids is 2. The van der Waals surface area contributed by atoms with Gasteiger partial charge in [-0.3, -0.25) is 19.5 Å². The van der Waals surface area contributed by atoms with E-state index < -0.39 is 0 Å². The Hall–Kier alpha value is -3.35. The van der Waals surface area contributed by atoms with Gasteiger partial charge in [-0.05, 0) is 43.6 Å². The van der Waals surface area contributed by atoms with Crippen LogP contribution < -0.4 is 4.90 Å². The van der Waals surface area contributed by atoms with E-state index in [1.807, 2.05) is 47.1 Å². The number of benzene rings is 1. The van der Waals surface area contributed by atoms with Crippen molar-refractivity contribution in [3.8, 4) is 0 Å². The van der Waals surface area contributed by atoms with E-state index in [9.17, 15) is 9.59 Å². The lowest BCUT2D eigenvalue weighted by Gasteiger charge is -2.32. The van der Waals surface area contributed by atoms with Crippen molar-refractivity contribution in [2.24, 2.45) is 5.92 Å². The SMILES string of the molecule is Cc1nc(C2CCCN2C(=O)c2nccc3ccccc23)nc2c1CCC(=O)N2CC(C)C. The topological polar surface area (TPSA) is 79.3 Å². The van der Waals surface area contributed by atoms with Crippen LogP contribution >= 0.6 is 0 Å². The molecule has 0 aliphatic carbocycles. The van der Waals surface area contributed by atoms with Gasteiger partial charge in [0.1, 0.15) is 11.5 Å². The first-order chi connectivity index (χ1) is 15.9. The number of rotatable bonds is 4. The molecule has 7 heteroatoms. The number of carbonyl (C=O) groups is 2. The molecular weight excluding hydrogens is 414 g/mol. The lowest BCUT2D eigenvalue weighted by molar-refractivity contribution is -0.119. The first-order valence-electron chi connectivity index (χ1n) is 11.8. The maximum absolute atomic E-state index is 13.6. The van der Waals surface area contributed by atoms with E-state index in [-0.39, 0.29) is 17.9 Å². The highest BCUT2D eigenvalue weighted by molar-refractivity contribution is 6.05. The molecule has 0 saturated carbocycles. The van der Waals surface area contributed by atoms with Crippen molar-refractivity contribution in [2.45, 2.75) is 52.5 Å². The number of pyridine rings is 1. The zero-order valence-electron chi connectivity index (χ0n) is 19.4. The molecule has 3 aromatic rings. The standard InChI is InChI=1S/C26H29N5O2/c1-16(2)15-31-22(32)11-10-19-17(3)28-24(29-25(19)31)21-9-6-14-30(21)26(33)23-20-8-5-4-7-18(20)12-13-27-23/h4-5,7-8,12-13,16,21H,6,9-11,14-15H2,1-3H3. The number of likely N-dealkylation sites (tertiary alicyclic amines) is 1. The van der Waals surface area contributed by atoms with Gasteiger partial charge in [-0.15, -0.1) is 0 Å². The summed E-state index contributed by atoms with van der Waals surface area (Å²) in [5, 5.41) is 1.85. The predicted molar refractivity (Wildman–Crippen MR) is 127 cm³/mol. The minimum absolute atomic E-state index is 0.0941. The van der Waals surface area contributed by atoms with Crippen molar-refractivity contribution < 1.29 is 9.59 Å². The van der Waals surface area contributed by atoms with E-state index in [1.54, 1.807) is 6.20 Å². The van der Waals surface area contributed by atoms with Crippen LogP contribution in [0.15, 0.2) is 36.5 Å². The number of nitrogens with zero attached hydrogens (tertiary/aromatic N) is 5. The Morgan fingerprint density at radius 1 is 1.15 bits per heavy atom. The molecule has 0 radical (unpaired) electrons. The van der Waals surface area contributed by atoms with Gasteiger partial charge in [0.15, 0.2) is 5.82 Å². The molecule has 2 amide bonds. The van der Waals surface area contributed by atoms with Gasteiger partial charge in [0, 0.05) is 42.4 Å². The van der Waals surface area contributed by atoms with Crippen LogP contribution in [-0.2, 0) is 11.2 Å². The second-order valence-electron chi connectivity index (χ2n) is 9.40. The van der Waals surface area contributed by atoms with Crippen LogP contribution in [0, 0.1) is 12.8 Å². The molecule has 0 N–H and O–H groups in total. The third-order valence-electron chi connectivity index (χ3n) is 6.59. The van der Waals surface area contributed by atoms with E-state index >= 15 is 0 Å². The average Bonchev–Trinajstić information content (AvgIpc) is 3.30. The molecular formula is C26H29N5O2. The summed E-state index contributed by atoms with van der Waals surface area (Å²) < 4.78 is 0. The maximum Gasteiger partial charge on any atom is 0.273 e. The summed E-state index contributed by atoms with van der Waals surface area (Å²) in [6, 6.07) is 9.52. The third-order valence-corrected chi connectivity index (χ3v) is 6.59. The van der Waals surface area contributed by atoms with E-state index in [4.69, 9.17) is 9.97 Å². The summed E-state index contributed by atoms with van der Waals surface area (Å²) in [4.78, 5) is 44.2. The summed E-state index contributed by atoms with van der Waals surface area (Å²) in [5.74, 6) is 1.70. The molecule has 1 fully saturated rings. The van der Waals surface area contributed by atoms with Gasteiger partial charge in [-0.1, -0.05) is 38.1 Å². The fourth-order valence-corrected chi connectivity index (χ4v) is 5.01. The van der Waals surface area contributed by atoms with Gasteiger partial charge < -0.3 is 4.90 Å². The van der Waals surface area contributed by atoms with Gasteiger partial charge >= 0.3 is 0 Å². The molecule has 0 spiro atoms. The van der Waals surface area contributed by atoms with Gasteiger partial charge in [-0.25, -0.2) is 9.97 Å². The molecule has 2 aliphatic rings. The Labute approximate surface area is 193 Å². The van der Waals surface area contributed by atoms with Gasteiger partial charge in [0.2, 0.25) is 5.91 Å². The highest BCUT2D eigenvalue weighted by Gasteiger charge is 2.36. The molecule has 1 saturated heterocycles. The highest BCUT2D eigenvalue weighted by Crippen LogP contribution is 2.36. The molecule has 1 atom stereocenters. The van der Waals surface area contributed by atoms with E-state index in [2.05, 4.69) is 18.8 Å². The molecule has 33 heavy (non-hydrogen) atoms. The zero-order valence-corrected chi connectivity index (χ0v) is 19.4. The summed E-state index contributed by atoms with van der Waals surface area (Å²) in [6.07, 6.45) is 4.53. The van der Waals surface area contributed by atoms with Crippen molar-refractivity contribution in [2.75, 3.05) is 18.0 Å².